The van der Waals surface area contributed by atoms with Crippen LogP contribution < -0.4 is 5.19 Å². The van der Waals surface area contributed by atoms with Crippen molar-refractivity contribution >= 4 is 46.2 Å². The number of aromatic nitrogens is 3. The van der Waals surface area contributed by atoms with Crippen LogP contribution in [0, 0.1) is 18.1 Å². The van der Waals surface area contributed by atoms with Crippen molar-refractivity contribution in [1.29, 1.82) is 0 Å². The maximum Gasteiger partial charge on any atom is 0.120 e. The van der Waals surface area contributed by atoms with Crippen LogP contribution in [0.1, 0.15) is 26.3 Å². The molecule has 0 saturated carbocycles. The van der Waals surface area contributed by atoms with Gasteiger partial charge >= 0.3 is 0 Å². The predicted octanol–water partition coefficient (Wildman–Crippen LogP) is 11.4. The second-order valence-corrected chi connectivity index (χ2v) is 19.3. The Morgan fingerprint density at radius 2 is 1.51 bits per heavy atom. The normalized spacial score (nSPS) is 11.5. The Labute approximate surface area is 316 Å². The summed E-state index contributed by atoms with van der Waals surface area (Å²) in [6, 6.07) is 46.2. The van der Waals surface area contributed by atoms with Gasteiger partial charge in [-0.05, 0) is 53.9 Å². The van der Waals surface area contributed by atoms with Crippen LogP contribution in [0.25, 0.3) is 66.7 Å². The zero-order chi connectivity index (χ0) is 34.8. The van der Waals surface area contributed by atoms with E-state index < -0.39 is 8.07 Å². The van der Waals surface area contributed by atoms with Crippen LogP contribution in [0.5, 0.6) is 0 Å². The van der Waals surface area contributed by atoms with Crippen LogP contribution in [0.2, 0.25) is 19.6 Å². The molecule has 0 aliphatic heterocycles. The van der Waals surface area contributed by atoms with Gasteiger partial charge < -0.3 is 14.0 Å². The van der Waals surface area contributed by atoms with E-state index in [9.17, 15) is 0 Å². The molecule has 6 heteroatoms. The van der Waals surface area contributed by atoms with Gasteiger partial charge in [0.1, 0.15) is 5.58 Å². The molecule has 51 heavy (non-hydrogen) atoms. The van der Waals surface area contributed by atoms with Gasteiger partial charge in [0.25, 0.3) is 0 Å². The Balaban J connectivity index is 0.000000173. The Morgan fingerprint density at radius 1 is 0.784 bits per heavy atom. The van der Waals surface area contributed by atoms with Crippen molar-refractivity contribution in [2.75, 3.05) is 0 Å². The van der Waals surface area contributed by atoms with Crippen LogP contribution >= 0.6 is 0 Å². The van der Waals surface area contributed by atoms with Gasteiger partial charge in [0.2, 0.25) is 0 Å². The summed E-state index contributed by atoms with van der Waals surface area (Å²) in [5, 5.41) is 3.71. The summed E-state index contributed by atoms with van der Waals surface area (Å²) in [6.07, 6.45) is 3.23. The van der Waals surface area contributed by atoms with E-state index >= 15 is 0 Å². The smallest absolute Gasteiger partial charge is 0.120 e. The van der Waals surface area contributed by atoms with Gasteiger partial charge in [0.15, 0.2) is 0 Å². The summed E-state index contributed by atoms with van der Waals surface area (Å²) in [6.45, 7) is 14.8. The Hall–Kier alpha value is -4.61. The molecule has 5 aromatic carbocycles. The number of hydrogen-bond donors (Lipinski definition) is 0. The number of imidazole rings is 1. The first kappa shape index (κ1) is 36.2. The van der Waals surface area contributed by atoms with Gasteiger partial charge in [-0.1, -0.05) is 117 Å². The molecule has 0 spiro atoms. The number of fused-ring (bicyclic) bond motifs is 4. The molecule has 0 unspecified atom stereocenters. The van der Waals surface area contributed by atoms with Crippen molar-refractivity contribution in [3.8, 4) is 33.8 Å². The average molecular weight is 862 g/mol. The first-order valence-electron chi connectivity index (χ1n) is 17.6. The Bertz CT molecular complexity index is 2420. The molecule has 0 N–H and O–H groups in total. The molecule has 1 radical (unpaired) electrons. The number of benzene rings is 5. The number of furan rings is 1. The summed E-state index contributed by atoms with van der Waals surface area (Å²) in [4.78, 5) is 9.67. The molecule has 8 rings (SSSR count). The van der Waals surface area contributed by atoms with Crippen molar-refractivity contribution in [3.63, 3.8) is 0 Å². The second kappa shape index (κ2) is 15.3. The first-order chi connectivity index (χ1) is 24.2. The van der Waals surface area contributed by atoms with E-state index in [1.165, 1.54) is 21.9 Å². The van der Waals surface area contributed by atoms with E-state index in [4.69, 9.17) is 14.4 Å². The van der Waals surface area contributed by atoms with Crippen LogP contribution in [-0.2, 0) is 33.1 Å². The van der Waals surface area contributed by atoms with Crippen LogP contribution in [-0.4, -0.2) is 22.6 Å². The number of pyridine rings is 1. The zero-order valence-electron chi connectivity index (χ0n) is 30.1. The monoisotopic (exact) mass is 862 g/mol. The SMILES string of the molecule is CC(C)Cc1cc(-c2[c-]ccc(-c3ccccc3)c2)ncc1[Si](C)(C)C.CCn1c(-c2[c-]ccc3c2oc2ccccc23)nc2ccccc21.[Ir]. The van der Waals surface area contributed by atoms with Crippen molar-refractivity contribution < 1.29 is 24.5 Å². The number of aryl methyl sites for hydroxylation is 1. The first-order valence-corrected chi connectivity index (χ1v) is 21.1. The molecule has 0 amide bonds. The quantitative estimate of drug-likeness (QED) is 0.118. The van der Waals surface area contributed by atoms with E-state index in [0.29, 0.717) is 5.92 Å². The summed E-state index contributed by atoms with van der Waals surface area (Å²) in [5.74, 6) is 1.54. The average Bonchev–Trinajstić information content (AvgIpc) is 3.70. The molecule has 4 nitrogen and oxygen atoms in total. The zero-order valence-corrected chi connectivity index (χ0v) is 33.5. The van der Waals surface area contributed by atoms with Gasteiger partial charge in [-0.2, -0.15) is 0 Å². The minimum absolute atomic E-state index is 0. The number of para-hydroxylation sites is 3. The van der Waals surface area contributed by atoms with Crippen LogP contribution in [0.4, 0.5) is 0 Å². The number of hydrogen-bond acceptors (Lipinski definition) is 3. The molecular formula is C45H43IrN3OSi-2. The van der Waals surface area contributed by atoms with E-state index in [-0.39, 0.29) is 20.1 Å². The maximum absolute atomic E-state index is 6.15. The van der Waals surface area contributed by atoms with Crippen molar-refractivity contribution in [1.82, 2.24) is 14.5 Å². The molecule has 259 valence electrons. The van der Waals surface area contributed by atoms with Crippen molar-refractivity contribution in [2.24, 2.45) is 5.92 Å². The number of rotatable bonds is 7. The largest absolute Gasteiger partial charge is 0.501 e. The van der Waals surface area contributed by atoms with Crippen molar-refractivity contribution in [3.05, 3.63) is 139 Å². The summed E-state index contributed by atoms with van der Waals surface area (Å²) >= 11 is 0. The van der Waals surface area contributed by atoms with E-state index in [0.717, 1.165) is 68.6 Å². The minimum atomic E-state index is -1.40. The fraction of sp³-hybridized carbons (Fsp3) is 0.200. The van der Waals surface area contributed by atoms with Gasteiger partial charge in [-0.25, -0.2) is 0 Å². The molecule has 0 saturated heterocycles. The fourth-order valence-electron chi connectivity index (χ4n) is 6.80. The summed E-state index contributed by atoms with van der Waals surface area (Å²) < 4.78 is 8.36. The molecule has 0 bridgehead atoms. The minimum Gasteiger partial charge on any atom is -0.501 e. The molecule has 3 heterocycles. The third-order valence-corrected chi connectivity index (χ3v) is 11.2. The fourth-order valence-corrected chi connectivity index (χ4v) is 8.39. The molecule has 8 aromatic rings. The molecule has 0 aliphatic carbocycles. The topological polar surface area (TPSA) is 43.9 Å². The van der Waals surface area contributed by atoms with Gasteiger partial charge in [-0.3, -0.25) is 4.98 Å². The molecule has 0 aliphatic rings. The third-order valence-electron chi connectivity index (χ3n) is 9.14. The van der Waals surface area contributed by atoms with E-state index in [1.807, 2.05) is 54.6 Å². The summed E-state index contributed by atoms with van der Waals surface area (Å²) in [5.41, 5.74) is 10.8. The van der Waals surface area contributed by atoms with E-state index in [2.05, 4.69) is 124 Å². The Morgan fingerprint density at radius 3 is 2.27 bits per heavy atom. The van der Waals surface area contributed by atoms with Crippen molar-refractivity contribution in [2.45, 2.75) is 53.4 Å². The third kappa shape index (κ3) is 7.55. The van der Waals surface area contributed by atoms with E-state index in [1.54, 1.807) is 0 Å². The van der Waals surface area contributed by atoms with Crippen LogP contribution in [0.3, 0.4) is 0 Å². The molecular weight excluding hydrogens is 819 g/mol. The molecule has 0 atom stereocenters. The van der Waals surface area contributed by atoms with Gasteiger partial charge in [-0.15, -0.1) is 53.6 Å². The Kier molecular flexibility index (Phi) is 10.9. The van der Waals surface area contributed by atoms with Crippen LogP contribution in [0.15, 0.2) is 126 Å². The number of nitrogens with zero attached hydrogens (tertiary/aromatic N) is 3. The van der Waals surface area contributed by atoms with Gasteiger partial charge in [0, 0.05) is 38.2 Å². The van der Waals surface area contributed by atoms with Gasteiger partial charge in [0.05, 0.1) is 30.5 Å². The summed E-state index contributed by atoms with van der Waals surface area (Å²) in [7, 11) is -1.40. The predicted molar refractivity (Wildman–Crippen MR) is 212 cm³/mol. The molecule has 3 aromatic heterocycles. The standard InChI is InChI=1S/C24H28NSi.C21H15N2O.Ir/c1-18(2)14-22-16-23(25-17-24(22)26(3,4)5)21-13-9-12-20(15-21)19-10-7-6-8-11-19;1-2-23-18-12-5-4-11-17(18)22-21(23)16-10-7-9-15-14-8-3-6-13-19(14)24-20(15)16;/h6-12,15-18H,14H2,1-5H3;3-9,11-13H,2H2,1H3;/q2*-1;. The molecule has 0 fully saturated rings. The second-order valence-electron chi connectivity index (χ2n) is 14.3. The maximum atomic E-state index is 6.15.